The van der Waals surface area contributed by atoms with Gasteiger partial charge in [-0.15, -0.1) is 0 Å². The molecule has 3 nitrogen and oxygen atoms in total. The average molecular weight is 268 g/mol. The number of nitrogens with zero attached hydrogens (tertiary/aromatic N) is 2. The molecular weight excluding hydrogens is 250 g/mol. The molecule has 0 radical (unpaired) electrons. The molecule has 3 aliphatic heterocycles. The summed E-state index contributed by atoms with van der Waals surface area (Å²) in [6, 6.07) is 2.42. The van der Waals surface area contributed by atoms with Gasteiger partial charge >= 0.3 is 0 Å². The first-order valence-electron chi connectivity index (χ1n) is 6.67. The maximum atomic E-state index is 14.1. The second kappa shape index (κ2) is 4.81. The molecule has 0 aromatic heterocycles. The summed E-state index contributed by atoms with van der Waals surface area (Å²) in [5.41, 5.74) is 0.186. The third kappa shape index (κ3) is 2.16. The number of aliphatic hydroxyl groups excluding tert-OH is 1. The van der Waals surface area contributed by atoms with Crippen molar-refractivity contribution < 1.29 is 13.9 Å². The van der Waals surface area contributed by atoms with Crippen LogP contribution in [0.5, 0.6) is 0 Å². The van der Waals surface area contributed by atoms with Crippen molar-refractivity contribution in [2.75, 3.05) is 32.7 Å². The lowest BCUT2D eigenvalue weighted by atomic mass is 9.94. The Morgan fingerprint density at radius 1 is 1.21 bits per heavy atom. The second-order valence-corrected chi connectivity index (χ2v) is 5.44. The lowest BCUT2D eigenvalue weighted by molar-refractivity contribution is -0.0490. The topological polar surface area (TPSA) is 26.7 Å². The number of halogens is 2. The maximum Gasteiger partial charge on any atom is 0.134 e. The zero-order valence-corrected chi connectivity index (χ0v) is 10.9. The Kier molecular flexibility index (Phi) is 3.28. The molecule has 0 amide bonds. The summed E-state index contributed by atoms with van der Waals surface area (Å²) < 4.78 is 27.9. The summed E-state index contributed by atoms with van der Waals surface area (Å²) in [5, 5.41) is 10.4. The minimum absolute atomic E-state index is 0.182. The molecule has 104 valence electrons. The molecule has 2 unspecified atom stereocenters. The lowest BCUT2D eigenvalue weighted by Gasteiger charge is -2.49. The van der Waals surface area contributed by atoms with Gasteiger partial charge in [0.1, 0.15) is 17.7 Å². The Labute approximate surface area is 111 Å². The first kappa shape index (κ1) is 13.0. The molecule has 0 spiro atoms. The van der Waals surface area contributed by atoms with Gasteiger partial charge in [-0.3, -0.25) is 9.80 Å². The SMILES string of the molecule is Cc1ccc(F)c(C(O)C2CN3CCN2CC3)c1F. The highest BCUT2D eigenvalue weighted by Crippen LogP contribution is 2.31. The molecule has 1 N–H and O–H groups in total. The fourth-order valence-electron chi connectivity index (χ4n) is 3.10. The molecule has 3 saturated heterocycles. The molecule has 5 heteroatoms. The molecular formula is C14H18F2N2O. The van der Waals surface area contributed by atoms with E-state index in [2.05, 4.69) is 9.80 Å². The van der Waals surface area contributed by atoms with Gasteiger partial charge in [0, 0.05) is 32.7 Å². The van der Waals surface area contributed by atoms with Gasteiger partial charge in [-0.1, -0.05) is 6.07 Å². The number of aliphatic hydroxyl groups is 1. The highest BCUT2D eigenvalue weighted by atomic mass is 19.1. The van der Waals surface area contributed by atoms with E-state index < -0.39 is 17.7 Å². The van der Waals surface area contributed by atoms with E-state index in [4.69, 9.17) is 0 Å². The summed E-state index contributed by atoms with van der Waals surface area (Å²) in [4.78, 5) is 4.37. The summed E-state index contributed by atoms with van der Waals surface area (Å²) >= 11 is 0. The van der Waals surface area contributed by atoms with Crippen molar-refractivity contribution in [1.82, 2.24) is 9.80 Å². The van der Waals surface area contributed by atoms with Crippen LogP contribution in [0.4, 0.5) is 8.78 Å². The quantitative estimate of drug-likeness (QED) is 0.876. The van der Waals surface area contributed by atoms with Gasteiger partial charge in [0.25, 0.3) is 0 Å². The standard InChI is InChI=1S/C14H18F2N2O/c1-9-2-3-10(15)12(13(9)16)14(19)11-8-17-4-6-18(11)7-5-17/h2-3,11,14,19H,4-8H2,1H3. The monoisotopic (exact) mass is 268 g/mol. The van der Waals surface area contributed by atoms with Gasteiger partial charge in [0.2, 0.25) is 0 Å². The Morgan fingerprint density at radius 3 is 2.47 bits per heavy atom. The third-order valence-corrected chi connectivity index (χ3v) is 4.30. The molecule has 0 saturated carbocycles. The molecule has 1 aromatic rings. The van der Waals surface area contributed by atoms with Gasteiger partial charge in [0.05, 0.1) is 11.6 Å². The smallest absolute Gasteiger partial charge is 0.134 e. The number of hydrogen-bond donors (Lipinski definition) is 1. The first-order valence-corrected chi connectivity index (χ1v) is 6.67. The highest BCUT2D eigenvalue weighted by Gasteiger charge is 2.38. The van der Waals surface area contributed by atoms with E-state index in [-0.39, 0.29) is 11.6 Å². The van der Waals surface area contributed by atoms with Gasteiger partial charge in [0.15, 0.2) is 0 Å². The van der Waals surface area contributed by atoms with Crippen molar-refractivity contribution >= 4 is 0 Å². The van der Waals surface area contributed by atoms with Crippen molar-refractivity contribution in [1.29, 1.82) is 0 Å². The summed E-state index contributed by atoms with van der Waals surface area (Å²) in [7, 11) is 0. The molecule has 3 aliphatic rings. The molecule has 1 aromatic carbocycles. The van der Waals surface area contributed by atoms with Crippen LogP contribution in [0.3, 0.4) is 0 Å². The average Bonchev–Trinajstić information content (AvgIpc) is 2.44. The number of aryl methyl sites for hydroxylation is 1. The third-order valence-electron chi connectivity index (χ3n) is 4.30. The van der Waals surface area contributed by atoms with Crippen molar-refractivity contribution in [3.05, 3.63) is 34.9 Å². The van der Waals surface area contributed by atoms with E-state index >= 15 is 0 Å². The van der Waals surface area contributed by atoms with E-state index in [1.165, 1.54) is 12.1 Å². The largest absolute Gasteiger partial charge is 0.386 e. The number of rotatable bonds is 2. The Morgan fingerprint density at radius 2 is 1.89 bits per heavy atom. The Balaban J connectivity index is 1.92. The predicted octanol–water partition coefficient (Wildman–Crippen LogP) is 1.31. The van der Waals surface area contributed by atoms with Gasteiger partial charge in [-0.25, -0.2) is 8.78 Å². The molecule has 4 rings (SSSR count). The van der Waals surface area contributed by atoms with Crippen LogP contribution in [0, 0.1) is 18.6 Å². The molecule has 2 bridgehead atoms. The molecule has 0 aliphatic carbocycles. The van der Waals surface area contributed by atoms with Gasteiger partial charge in [-0.05, 0) is 18.6 Å². The van der Waals surface area contributed by atoms with Gasteiger partial charge in [-0.2, -0.15) is 0 Å². The molecule has 2 atom stereocenters. The summed E-state index contributed by atoms with van der Waals surface area (Å²) in [5.74, 6) is -1.28. The molecule has 3 fully saturated rings. The van der Waals surface area contributed by atoms with Crippen molar-refractivity contribution in [2.24, 2.45) is 0 Å². The Bertz CT molecular complexity index is 487. The van der Waals surface area contributed by atoms with Crippen LogP contribution < -0.4 is 0 Å². The molecule has 19 heavy (non-hydrogen) atoms. The second-order valence-electron chi connectivity index (χ2n) is 5.44. The zero-order valence-electron chi connectivity index (χ0n) is 10.9. The summed E-state index contributed by atoms with van der Waals surface area (Å²) in [6.45, 7) is 5.92. The van der Waals surface area contributed by atoms with Crippen LogP contribution in [0.1, 0.15) is 17.2 Å². The van der Waals surface area contributed by atoms with Crippen LogP contribution in [0.25, 0.3) is 0 Å². The fourth-order valence-corrected chi connectivity index (χ4v) is 3.10. The number of piperazine rings is 3. The van der Waals surface area contributed by atoms with E-state index in [0.29, 0.717) is 12.1 Å². The van der Waals surface area contributed by atoms with E-state index in [1.807, 2.05) is 0 Å². The highest BCUT2D eigenvalue weighted by molar-refractivity contribution is 5.29. The van der Waals surface area contributed by atoms with E-state index in [1.54, 1.807) is 6.92 Å². The van der Waals surface area contributed by atoms with E-state index in [0.717, 1.165) is 26.2 Å². The number of hydrogen-bond acceptors (Lipinski definition) is 3. The van der Waals surface area contributed by atoms with Crippen LogP contribution >= 0.6 is 0 Å². The van der Waals surface area contributed by atoms with Crippen molar-refractivity contribution in [2.45, 2.75) is 19.1 Å². The van der Waals surface area contributed by atoms with Crippen LogP contribution in [0.2, 0.25) is 0 Å². The summed E-state index contributed by atoms with van der Waals surface area (Å²) in [6.07, 6.45) is -1.11. The lowest BCUT2D eigenvalue weighted by Crippen LogP contribution is -2.62. The first-order chi connectivity index (χ1) is 9.08. The normalized spacial score (nSPS) is 31.5. The van der Waals surface area contributed by atoms with Crippen LogP contribution in [-0.2, 0) is 0 Å². The Hall–Kier alpha value is -1.04. The number of fused-ring (bicyclic) bond motifs is 3. The van der Waals surface area contributed by atoms with Crippen molar-refractivity contribution in [3.8, 4) is 0 Å². The van der Waals surface area contributed by atoms with E-state index in [9.17, 15) is 13.9 Å². The minimum Gasteiger partial charge on any atom is -0.386 e. The number of benzene rings is 1. The maximum absolute atomic E-state index is 14.1. The zero-order chi connectivity index (χ0) is 13.6. The van der Waals surface area contributed by atoms with Gasteiger partial charge < -0.3 is 5.11 Å². The molecule has 3 heterocycles. The minimum atomic E-state index is -1.11. The van der Waals surface area contributed by atoms with Crippen LogP contribution in [-0.4, -0.2) is 53.7 Å². The van der Waals surface area contributed by atoms with Crippen LogP contribution in [0.15, 0.2) is 12.1 Å². The predicted molar refractivity (Wildman–Crippen MR) is 67.9 cm³/mol. The van der Waals surface area contributed by atoms with Crippen molar-refractivity contribution in [3.63, 3.8) is 0 Å². The fraction of sp³-hybridized carbons (Fsp3) is 0.571.